The van der Waals surface area contributed by atoms with Crippen molar-refractivity contribution in [3.8, 4) is 0 Å². The van der Waals surface area contributed by atoms with Gasteiger partial charge in [0.05, 0.1) is 19.1 Å². The molecular formula is C14H25N3O3S. The van der Waals surface area contributed by atoms with Gasteiger partial charge >= 0.3 is 0 Å². The molecule has 2 heterocycles. The number of carbonyl (C=O) groups is 2. The second-order valence-corrected chi connectivity index (χ2v) is 6.37. The largest absolute Gasteiger partial charge is 0.379 e. The summed E-state index contributed by atoms with van der Waals surface area (Å²) in [5, 5.41) is 2.97. The van der Waals surface area contributed by atoms with Crippen LogP contribution in [-0.2, 0) is 14.3 Å². The van der Waals surface area contributed by atoms with Gasteiger partial charge < -0.3 is 15.0 Å². The zero-order valence-corrected chi connectivity index (χ0v) is 13.5. The van der Waals surface area contributed by atoms with E-state index in [1.807, 2.05) is 6.92 Å². The monoisotopic (exact) mass is 315 g/mol. The molecule has 2 amide bonds. The lowest BCUT2D eigenvalue weighted by Crippen LogP contribution is -2.49. The first kappa shape index (κ1) is 16.6. The summed E-state index contributed by atoms with van der Waals surface area (Å²) in [5.41, 5.74) is 0. The molecule has 0 aliphatic carbocycles. The Morgan fingerprint density at radius 2 is 2.10 bits per heavy atom. The number of nitrogens with one attached hydrogen (secondary N) is 1. The minimum absolute atomic E-state index is 0.0160. The average molecular weight is 315 g/mol. The summed E-state index contributed by atoms with van der Waals surface area (Å²) < 4.78 is 5.30. The molecular weight excluding hydrogens is 290 g/mol. The van der Waals surface area contributed by atoms with E-state index >= 15 is 0 Å². The Kier molecular flexibility index (Phi) is 6.79. The fraction of sp³-hybridized carbons (Fsp3) is 0.857. The van der Waals surface area contributed by atoms with Crippen LogP contribution in [0, 0.1) is 0 Å². The predicted molar refractivity (Wildman–Crippen MR) is 83.1 cm³/mol. The Morgan fingerprint density at radius 1 is 1.33 bits per heavy atom. The van der Waals surface area contributed by atoms with E-state index in [2.05, 4.69) is 10.2 Å². The second-order valence-electron chi connectivity index (χ2n) is 5.37. The number of rotatable bonds is 6. The number of thioether (sulfide) groups is 1. The van der Waals surface area contributed by atoms with Crippen LogP contribution in [0.3, 0.4) is 0 Å². The Hall–Kier alpha value is -0.790. The van der Waals surface area contributed by atoms with Crippen LogP contribution in [0.2, 0.25) is 0 Å². The van der Waals surface area contributed by atoms with E-state index in [9.17, 15) is 9.59 Å². The van der Waals surface area contributed by atoms with E-state index in [1.165, 1.54) is 0 Å². The summed E-state index contributed by atoms with van der Waals surface area (Å²) in [7, 11) is 0. The van der Waals surface area contributed by atoms with E-state index in [0.29, 0.717) is 24.6 Å². The average Bonchev–Trinajstić information content (AvgIpc) is 2.98. The van der Waals surface area contributed by atoms with Gasteiger partial charge in [-0.2, -0.15) is 0 Å². The minimum atomic E-state index is -0.293. The van der Waals surface area contributed by atoms with Crippen molar-refractivity contribution < 1.29 is 14.3 Å². The highest BCUT2D eigenvalue weighted by atomic mass is 32.2. The summed E-state index contributed by atoms with van der Waals surface area (Å²) in [4.78, 5) is 28.2. The third-order valence-corrected chi connectivity index (χ3v) is 4.81. The number of nitrogens with zero attached hydrogens (tertiary/aromatic N) is 2. The minimum Gasteiger partial charge on any atom is -0.379 e. The molecule has 21 heavy (non-hydrogen) atoms. The summed E-state index contributed by atoms with van der Waals surface area (Å²) in [6.45, 7) is 6.86. The number of hydrogen-bond donors (Lipinski definition) is 1. The first-order valence-corrected chi connectivity index (χ1v) is 8.83. The van der Waals surface area contributed by atoms with E-state index in [4.69, 9.17) is 4.74 Å². The van der Waals surface area contributed by atoms with Gasteiger partial charge in [0.1, 0.15) is 6.04 Å². The zero-order valence-electron chi connectivity index (χ0n) is 12.7. The van der Waals surface area contributed by atoms with Crippen molar-refractivity contribution in [3.63, 3.8) is 0 Å². The van der Waals surface area contributed by atoms with Gasteiger partial charge in [-0.05, 0) is 6.42 Å². The number of ether oxygens (including phenoxy) is 1. The molecule has 2 saturated heterocycles. The molecule has 1 atom stereocenters. The Labute approximate surface area is 130 Å². The molecule has 6 nitrogen and oxygen atoms in total. The first-order chi connectivity index (χ1) is 10.2. The summed E-state index contributed by atoms with van der Waals surface area (Å²) >= 11 is 1.65. The van der Waals surface area contributed by atoms with Gasteiger partial charge in [0.25, 0.3) is 0 Å². The van der Waals surface area contributed by atoms with Crippen molar-refractivity contribution in [2.45, 2.75) is 25.8 Å². The van der Waals surface area contributed by atoms with Crippen LogP contribution < -0.4 is 5.32 Å². The smallest absolute Gasteiger partial charge is 0.243 e. The van der Waals surface area contributed by atoms with Crippen LogP contribution in [0.4, 0.5) is 0 Å². The maximum Gasteiger partial charge on any atom is 0.243 e. The van der Waals surface area contributed by atoms with Crippen LogP contribution in [-0.4, -0.2) is 78.7 Å². The van der Waals surface area contributed by atoms with E-state index in [-0.39, 0.29) is 17.9 Å². The summed E-state index contributed by atoms with van der Waals surface area (Å²) in [6.07, 6.45) is 1.35. The molecule has 0 saturated carbocycles. The predicted octanol–water partition coefficient (Wildman–Crippen LogP) is 0.136. The lowest BCUT2D eigenvalue weighted by atomic mass is 10.2. The van der Waals surface area contributed by atoms with Crippen LogP contribution in [0.25, 0.3) is 0 Å². The summed E-state index contributed by atoms with van der Waals surface area (Å²) in [6, 6.07) is -0.293. The number of amides is 2. The van der Waals surface area contributed by atoms with Crippen molar-refractivity contribution in [2.24, 2.45) is 0 Å². The maximum atomic E-state index is 12.2. The molecule has 0 radical (unpaired) electrons. The van der Waals surface area contributed by atoms with E-state index < -0.39 is 0 Å². The molecule has 2 rings (SSSR count). The standard InChI is InChI=1S/C14H25N3O3S/c1-2-3-13(18)17-11-21-10-12(17)14(19)15-4-5-16-6-8-20-9-7-16/h12H,2-11H2,1H3,(H,15,19). The van der Waals surface area contributed by atoms with Crippen molar-refractivity contribution in [1.29, 1.82) is 0 Å². The molecule has 2 aliphatic rings. The third kappa shape index (κ3) is 4.86. The summed E-state index contributed by atoms with van der Waals surface area (Å²) in [5.74, 6) is 1.42. The second kappa shape index (κ2) is 8.60. The molecule has 0 bridgehead atoms. The molecule has 1 N–H and O–H groups in total. The van der Waals surface area contributed by atoms with E-state index in [0.717, 1.165) is 39.3 Å². The van der Waals surface area contributed by atoms with Crippen molar-refractivity contribution in [1.82, 2.24) is 15.1 Å². The molecule has 0 aromatic heterocycles. The molecule has 2 aliphatic heterocycles. The molecule has 0 spiro atoms. The highest BCUT2D eigenvalue weighted by Crippen LogP contribution is 2.22. The molecule has 0 aromatic carbocycles. The maximum absolute atomic E-state index is 12.2. The Balaban J connectivity index is 1.72. The Bertz CT molecular complexity index is 361. The lowest BCUT2D eigenvalue weighted by molar-refractivity contribution is -0.138. The number of morpholine rings is 1. The fourth-order valence-electron chi connectivity index (χ4n) is 2.54. The number of hydrogen-bond acceptors (Lipinski definition) is 5. The highest BCUT2D eigenvalue weighted by molar-refractivity contribution is 7.99. The first-order valence-electron chi connectivity index (χ1n) is 7.67. The fourth-order valence-corrected chi connectivity index (χ4v) is 3.72. The van der Waals surface area contributed by atoms with Crippen LogP contribution in [0.15, 0.2) is 0 Å². The van der Waals surface area contributed by atoms with Gasteiger partial charge in [-0.15, -0.1) is 11.8 Å². The van der Waals surface area contributed by atoms with Gasteiger partial charge in [0.15, 0.2) is 0 Å². The molecule has 120 valence electrons. The van der Waals surface area contributed by atoms with Crippen molar-refractivity contribution in [3.05, 3.63) is 0 Å². The zero-order chi connectivity index (χ0) is 15.1. The number of carbonyl (C=O) groups excluding carboxylic acids is 2. The Morgan fingerprint density at radius 3 is 2.81 bits per heavy atom. The highest BCUT2D eigenvalue weighted by Gasteiger charge is 2.33. The normalized spacial score (nSPS) is 23.3. The van der Waals surface area contributed by atoms with Gasteiger partial charge in [0, 0.05) is 38.4 Å². The van der Waals surface area contributed by atoms with E-state index in [1.54, 1.807) is 16.7 Å². The van der Waals surface area contributed by atoms with Crippen molar-refractivity contribution >= 4 is 23.6 Å². The van der Waals surface area contributed by atoms with Crippen LogP contribution >= 0.6 is 11.8 Å². The van der Waals surface area contributed by atoms with Crippen LogP contribution in [0.1, 0.15) is 19.8 Å². The third-order valence-electron chi connectivity index (χ3n) is 3.80. The van der Waals surface area contributed by atoms with Crippen LogP contribution in [0.5, 0.6) is 0 Å². The molecule has 7 heteroatoms. The van der Waals surface area contributed by atoms with Gasteiger partial charge in [-0.3, -0.25) is 14.5 Å². The topological polar surface area (TPSA) is 61.9 Å². The van der Waals surface area contributed by atoms with Gasteiger partial charge in [0.2, 0.25) is 11.8 Å². The quantitative estimate of drug-likeness (QED) is 0.755. The SMILES string of the molecule is CCCC(=O)N1CSCC1C(=O)NCCN1CCOCC1. The lowest BCUT2D eigenvalue weighted by Gasteiger charge is -2.27. The molecule has 1 unspecified atom stereocenters. The van der Waals surface area contributed by atoms with Gasteiger partial charge in [-0.1, -0.05) is 6.92 Å². The van der Waals surface area contributed by atoms with Crippen molar-refractivity contribution in [2.75, 3.05) is 51.0 Å². The van der Waals surface area contributed by atoms with Gasteiger partial charge in [-0.25, -0.2) is 0 Å². The molecule has 0 aromatic rings. The molecule has 2 fully saturated rings.